The van der Waals surface area contributed by atoms with Gasteiger partial charge in [-0.2, -0.15) is 83.4 Å². The minimum Gasteiger partial charge on any atom is -0.198 e. The summed E-state index contributed by atoms with van der Waals surface area (Å²) in [5, 5.41) is 0. The molecule has 0 nitrogen and oxygen atoms in total. The Bertz CT molecular complexity index is 656. The molecule has 0 spiro atoms. The molecule has 1 unspecified atom stereocenters. The topological polar surface area (TPSA) is 0 Å². The van der Waals surface area contributed by atoms with Crippen molar-refractivity contribution in [3.63, 3.8) is 0 Å². The highest BCUT2D eigenvalue weighted by molar-refractivity contribution is 14.1. The predicted molar refractivity (Wildman–Crippen MR) is 69.1 cm³/mol. The molecule has 0 saturated heterocycles. The van der Waals surface area contributed by atoms with Crippen LogP contribution in [-0.2, 0) is 0 Å². The lowest BCUT2D eigenvalue weighted by Gasteiger charge is -2.44. The van der Waals surface area contributed by atoms with Gasteiger partial charge in [-0.15, -0.1) is 0 Å². The molecule has 0 aromatic heterocycles. The molecular weight excluding hydrogens is 620 g/mol. The second kappa shape index (κ2) is 7.45. The van der Waals surface area contributed by atoms with E-state index in [1.807, 2.05) is 0 Å². The van der Waals surface area contributed by atoms with Crippen molar-refractivity contribution in [2.45, 2.75) is 64.4 Å². The molecule has 0 rings (SSSR count). The van der Waals surface area contributed by atoms with Gasteiger partial charge in [0.15, 0.2) is 0 Å². The molecule has 0 amide bonds. The second-order valence-corrected chi connectivity index (χ2v) is 7.63. The van der Waals surface area contributed by atoms with E-state index in [-0.39, 0.29) is 29.5 Å². The zero-order valence-corrected chi connectivity index (χ0v) is 15.8. The lowest BCUT2D eigenvalue weighted by atomic mass is 9.87. The first-order valence-electron chi connectivity index (χ1n) is 6.67. The second-order valence-electron chi connectivity index (χ2n) is 5.76. The van der Waals surface area contributed by atoms with E-state index in [1.165, 1.54) is 0 Å². The van der Waals surface area contributed by atoms with Crippen molar-refractivity contribution in [1.29, 1.82) is 0 Å². The van der Waals surface area contributed by atoms with E-state index in [9.17, 15) is 83.4 Å². The van der Waals surface area contributed by atoms with E-state index >= 15 is 0 Å². The summed E-state index contributed by atoms with van der Waals surface area (Å²) >= 11 is 0.160. The Morgan fingerprint density at radius 2 is 0.581 bits per heavy atom. The molecule has 31 heavy (non-hydrogen) atoms. The first-order chi connectivity index (χ1) is 12.9. The SMILES string of the molecule is CC(I)C(F)(F)C(F)(F)C(F)(F)C(F)(F)C(F)(F)C(F)(F)C(F)(F)C(F)(F)C(F)(F)F. The summed E-state index contributed by atoms with van der Waals surface area (Å²) in [5.74, 6) is -66.0. The Morgan fingerprint density at radius 3 is 0.774 bits per heavy atom. The van der Waals surface area contributed by atoms with E-state index in [4.69, 9.17) is 0 Å². The van der Waals surface area contributed by atoms with E-state index in [2.05, 4.69) is 0 Å². The third-order valence-electron chi connectivity index (χ3n) is 3.64. The number of alkyl halides is 20. The fraction of sp³-hybridized carbons (Fsp3) is 1.00. The number of hydrogen-bond donors (Lipinski definition) is 0. The monoisotopic (exact) mass is 624 g/mol. The molecule has 1 atom stereocenters. The Kier molecular flexibility index (Phi) is 7.31. The fourth-order valence-corrected chi connectivity index (χ4v) is 2.01. The molecule has 0 aliphatic heterocycles. The smallest absolute Gasteiger partial charge is 0.198 e. The third kappa shape index (κ3) is 3.68. The van der Waals surface area contributed by atoms with Gasteiger partial charge < -0.3 is 0 Å². The molecule has 0 fully saturated rings. The third-order valence-corrected chi connectivity index (χ3v) is 4.42. The van der Waals surface area contributed by atoms with Crippen LogP contribution in [0, 0.1) is 0 Å². The number of hydrogen-bond acceptors (Lipinski definition) is 0. The molecule has 0 aromatic carbocycles. The van der Waals surface area contributed by atoms with Crippen LogP contribution in [0.2, 0.25) is 0 Å². The van der Waals surface area contributed by atoms with Crippen LogP contribution in [-0.4, -0.2) is 57.5 Å². The maximum Gasteiger partial charge on any atom is 0.460 e. The van der Waals surface area contributed by atoms with Gasteiger partial charge >= 0.3 is 53.6 Å². The lowest BCUT2D eigenvalue weighted by molar-refractivity contribution is -0.468. The Hall–Kier alpha value is -0.600. The molecule has 0 aliphatic rings. The molecule has 0 N–H and O–H groups in total. The van der Waals surface area contributed by atoms with Crippen molar-refractivity contribution in [3.8, 4) is 0 Å². The quantitative estimate of drug-likeness (QED) is 0.150. The normalized spacial score (nSPS) is 17.7. The standard InChI is InChI=1S/C11H4F19I/c1-2(31)3(12,13)4(14,15)5(16,17)6(18,19)7(20,21)8(22,23)9(24,25)10(26,27)11(28,29)30/h2H,1H3. The molecule has 0 radical (unpaired) electrons. The highest BCUT2D eigenvalue weighted by atomic mass is 127. The van der Waals surface area contributed by atoms with Gasteiger partial charge in [0.25, 0.3) is 0 Å². The van der Waals surface area contributed by atoms with Gasteiger partial charge in [0, 0.05) is 0 Å². The van der Waals surface area contributed by atoms with E-state index < -0.39 is 57.5 Å². The zero-order chi connectivity index (χ0) is 26.1. The van der Waals surface area contributed by atoms with E-state index in [1.54, 1.807) is 0 Å². The van der Waals surface area contributed by atoms with Crippen LogP contribution in [0.5, 0.6) is 0 Å². The van der Waals surface area contributed by atoms with Crippen LogP contribution in [0.25, 0.3) is 0 Å². The van der Waals surface area contributed by atoms with Crippen LogP contribution in [0.3, 0.4) is 0 Å². The van der Waals surface area contributed by atoms with Gasteiger partial charge in [-0.05, 0) is 6.92 Å². The van der Waals surface area contributed by atoms with Crippen molar-refractivity contribution < 1.29 is 83.4 Å². The molecule has 0 saturated carbocycles. The number of halogens is 20. The Balaban J connectivity index is 6.91. The summed E-state index contributed by atoms with van der Waals surface area (Å²) in [6.45, 7) is -0.104. The molecular formula is C11H4F19I. The minimum atomic E-state index is -8.87. The van der Waals surface area contributed by atoms with Gasteiger partial charge in [-0.3, -0.25) is 0 Å². The van der Waals surface area contributed by atoms with E-state index in [0.29, 0.717) is 0 Å². The average Bonchev–Trinajstić information content (AvgIpc) is 2.52. The molecule has 0 aromatic rings. The van der Waals surface area contributed by atoms with Crippen molar-refractivity contribution >= 4 is 22.6 Å². The highest BCUT2D eigenvalue weighted by Crippen LogP contribution is 2.65. The molecule has 0 bridgehead atoms. The van der Waals surface area contributed by atoms with Crippen molar-refractivity contribution in [2.75, 3.05) is 0 Å². The fourth-order valence-electron chi connectivity index (χ4n) is 1.62. The van der Waals surface area contributed by atoms with Crippen LogP contribution in [0.1, 0.15) is 6.92 Å². The molecule has 188 valence electrons. The summed E-state index contributed by atoms with van der Waals surface area (Å²) in [5.41, 5.74) is 0. The average molecular weight is 624 g/mol. The summed E-state index contributed by atoms with van der Waals surface area (Å²) in [6.07, 6.45) is -7.87. The first kappa shape index (κ1) is 30.4. The predicted octanol–water partition coefficient (Wildman–Crippen LogP) is 7.45. The van der Waals surface area contributed by atoms with Crippen LogP contribution < -0.4 is 0 Å². The van der Waals surface area contributed by atoms with Crippen molar-refractivity contribution in [2.24, 2.45) is 0 Å². The van der Waals surface area contributed by atoms with Gasteiger partial charge in [0.1, 0.15) is 0 Å². The number of rotatable bonds is 8. The molecule has 0 heterocycles. The zero-order valence-electron chi connectivity index (χ0n) is 13.6. The largest absolute Gasteiger partial charge is 0.460 e. The Morgan fingerprint density at radius 1 is 0.387 bits per heavy atom. The van der Waals surface area contributed by atoms with Crippen LogP contribution in [0.4, 0.5) is 83.4 Å². The van der Waals surface area contributed by atoms with Crippen LogP contribution >= 0.6 is 22.6 Å². The summed E-state index contributed by atoms with van der Waals surface area (Å²) < 4.78 is 242. The van der Waals surface area contributed by atoms with Gasteiger partial charge in [-0.25, -0.2) is 0 Å². The highest BCUT2D eigenvalue weighted by Gasteiger charge is 2.96. The Labute approximate surface area is 171 Å². The maximum atomic E-state index is 13.3. The first-order valence-corrected chi connectivity index (χ1v) is 7.92. The lowest BCUT2D eigenvalue weighted by Crippen LogP contribution is -2.76. The van der Waals surface area contributed by atoms with Gasteiger partial charge in [0.05, 0.1) is 3.92 Å². The maximum absolute atomic E-state index is 13.3. The van der Waals surface area contributed by atoms with Crippen molar-refractivity contribution in [1.82, 2.24) is 0 Å². The molecule has 0 aliphatic carbocycles. The van der Waals surface area contributed by atoms with Gasteiger partial charge in [0.2, 0.25) is 0 Å². The summed E-state index contributed by atoms with van der Waals surface area (Å²) in [6, 6.07) is 0. The summed E-state index contributed by atoms with van der Waals surface area (Å²) in [7, 11) is 0. The summed E-state index contributed by atoms with van der Waals surface area (Å²) in [4.78, 5) is 0. The van der Waals surface area contributed by atoms with Crippen molar-refractivity contribution in [3.05, 3.63) is 0 Å². The van der Waals surface area contributed by atoms with E-state index in [0.717, 1.165) is 0 Å². The van der Waals surface area contributed by atoms with Crippen LogP contribution in [0.15, 0.2) is 0 Å². The van der Waals surface area contributed by atoms with Gasteiger partial charge in [-0.1, -0.05) is 22.6 Å². The molecule has 20 heteroatoms. The minimum absolute atomic E-state index is 0.104.